The molecule has 1 aromatic rings. The molecule has 3 N–H and O–H groups in total. The SMILES string of the molecule is CCC(CC)NC(=O)COc1cccc(CN)c1. The Morgan fingerprint density at radius 3 is 2.72 bits per heavy atom. The lowest BCUT2D eigenvalue weighted by Crippen LogP contribution is -2.37. The molecule has 0 saturated heterocycles. The zero-order valence-corrected chi connectivity index (χ0v) is 11.1. The summed E-state index contributed by atoms with van der Waals surface area (Å²) in [5.74, 6) is 0.597. The first-order valence-electron chi connectivity index (χ1n) is 6.40. The first-order valence-corrected chi connectivity index (χ1v) is 6.40. The summed E-state index contributed by atoms with van der Waals surface area (Å²) in [5.41, 5.74) is 6.54. The van der Waals surface area contributed by atoms with Crippen LogP contribution >= 0.6 is 0 Å². The van der Waals surface area contributed by atoms with Crippen LogP contribution < -0.4 is 15.8 Å². The summed E-state index contributed by atoms with van der Waals surface area (Å²) in [6.07, 6.45) is 1.87. The minimum atomic E-state index is -0.0816. The Hall–Kier alpha value is -1.55. The maximum atomic E-state index is 11.6. The zero-order valence-electron chi connectivity index (χ0n) is 11.1. The summed E-state index contributed by atoms with van der Waals surface area (Å²) in [5, 5.41) is 2.93. The first kappa shape index (κ1) is 14.5. The van der Waals surface area contributed by atoms with E-state index in [1.165, 1.54) is 0 Å². The molecule has 0 aliphatic rings. The van der Waals surface area contributed by atoms with E-state index in [0.29, 0.717) is 12.3 Å². The number of amides is 1. The molecule has 0 spiro atoms. The average molecular weight is 250 g/mol. The molecule has 0 unspecified atom stereocenters. The van der Waals surface area contributed by atoms with Gasteiger partial charge in [0.1, 0.15) is 5.75 Å². The Kier molecular flexibility index (Phi) is 6.22. The van der Waals surface area contributed by atoms with Gasteiger partial charge in [-0.2, -0.15) is 0 Å². The summed E-state index contributed by atoms with van der Waals surface area (Å²) in [6, 6.07) is 7.71. The summed E-state index contributed by atoms with van der Waals surface area (Å²) >= 11 is 0. The fourth-order valence-corrected chi connectivity index (χ4v) is 1.67. The second-order valence-electron chi connectivity index (χ2n) is 4.22. The van der Waals surface area contributed by atoms with E-state index >= 15 is 0 Å². The molecule has 0 aromatic heterocycles. The molecule has 0 radical (unpaired) electrons. The third-order valence-corrected chi connectivity index (χ3v) is 2.85. The van der Waals surface area contributed by atoms with E-state index in [1.807, 2.05) is 24.3 Å². The van der Waals surface area contributed by atoms with Crippen LogP contribution in [0.1, 0.15) is 32.3 Å². The van der Waals surface area contributed by atoms with Crippen LogP contribution in [-0.4, -0.2) is 18.6 Å². The normalized spacial score (nSPS) is 10.4. The van der Waals surface area contributed by atoms with Gasteiger partial charge in [0.05, 0.1) is 0 Å². The number of nitrogens with two attached hydrogens (primary N) is 1. The van der Waals surface area contributed by atoms with Gasteiger partial charge in [0.2, 0.25) is 0 Å². The number of hydrogen-bond acceptors (Lipinski definition) is 3. The lowest BCUT2D eigenvalue weighted by atomic mass is 10.2. The maximum absolute atomic E-state index is 11.6. The molecule has 100 valence electrons. The second-order valence-corrected chi connectivity index (χ2v) is 4.22. The fraction of sp³-hybridized carbons (Fsp3) is 0.500. The fourth-order valence-electron chi connectivity index (χ4n) is 1.67. The highest BCUT2D eigenvalue weighted by atomic mass is 16.5. The monoisotopic (exact) mass is 250 g/mol. The van der Waals surface area contributed by atoms with Crippen LogP contribution in [0.25, 0.3) is 0 Å². The van der Waals surface area contributed by atoms with Crippen LogP contribution in [0.5, 0.6) is 5.75 Å². The minimum absolute atomic E-state index is 0.0462. The second kappa shape index (κ2) is 7.71. The van der Waals surface area contributed by atoms with Gasteiger partial charge in [0, 0.05) is 12.6 Å². The van der Waals surface area contributed by atoms with Crippen molar-refractivity contribution < 1.29 is 9.53 Å². The van der Waals surface area contributed by atoms with Crippen molar-refractivity contribution in [2.75, 3.05) is 6.61 Å². The van der Waals surface area contributed by atoms with Crippen molar-refractivity contribution in [1.29, 1.82) is 0 Å². The van der Waals surface area contributed by atoms with Crippen molar-refractivity contribution >= 4 is 5.91 Å². The Morgan fingerprint density at radius 2 is 2.11 bits per heavy atom. The Morgan fingerprint density at radius 1 is 1.39 bits per heavy atom. The van der Waals surface area contributed by atoms with E-state index in [1.54, 1.807) is 0 Å². The summed E-state index contributed by atoms with van der Waals surface area (Å²) in [6.45, 7) is 4.63. The molecule has 4 heteroatoms. The number of rotatable bonds is 7. The van der Waals surface area contributed by atoms with Crippen LogP contribution in [0.15, 0.2) is 24.3 Å². The Bertz CT molecular complexity index is 376. The highest BCUT2D eigenvalue weighted by molar-refractivity contribution is 5.77. The van der Waals surface area contributed by atoms with Crippen LogP contribution in [0.3, 0.4) is 0 Å². The van der Waals surface area contributed by atoms with Crippen LogP contribution in [0.2, 0.25) is 0 Å². The number of benzene rings is 1. The van der Waals surface area contributed by atoms with Crippen molar-refractivity contribution in [2.24, 2.45) is 5.73 Å². The molecule has 1 rings (SSSR count). The lowest BCUT2D eigenvalue weighted by molar-refractivity contribution is -0.123. The predicted octanol–water partition coefficient (Wildman–Crippen LogP) is 1.83. The van der Waals surface area contributed by atoms with Crippen LogP contribution in [0.4, 0.5) is 0 Å². The first-order chi connectivity index (χ1) is 8.69. The summed E-state index contributed by atoms with van der Waals surface area (Å²) < 4.78 is 5.43. The minimum Gasteiger partial charge on any atom is -0.484 e. The highest BCUT2D eigenvalue weighted by Gasteiger charge is 2.08. The van der Waals surface area contributed by atoms with Gasteiger partial charge < -0.3 is 15.8 Å². The molecule has 4 nitrogen and oxygen atoms in total. The molecule has 1 aromatic carbocycles. The van der Waals surface area contributed by atoms with Gasteiger partial charge in [-0.1, -0.05) is 26.0 Å². The quantitative estimate of drug-likeness (QED) is 0.776. The third-order valence-electron chi connectivity index (χ3n) is 2.85. The van der Waals surface area contributed by atoms with E-state index in [2.05, 4.69) is 19.2 Å². The van der Waals surface area contributed by atoms with E-state index in [4.69, 9.17) is 10.5 Å². The largest absolute Gasteiger partial charge is 0.484 e. The molecule has 0 atom stereocenters. The van der Waals surface area contributed by atoms with Gasteiger partial charge in [0.25, 0.3) is 5.91 Å². The number of carbonyl (C=O) groups excluding carboxylic acids is 1. The van der Waals surface area contributed by atoms with E-state index in [-0.39, 0.29) is 18.6 Å². The molecule has 0 aliphatic carbocycles. The Balaban J connectivity index is 2.42. The molecule has 0 saturated carbocycles. The maximum Gasteiger partial charge on any atom is 0.258 e. The van der Waals surface area contributed by atoms with Gasteiger partial charge in [-0.25, -0.2) is 0 Å². The van der Waals surface area contributed by atoms with E-state index in [0.717, 1.165) is 18.4 Å². The predicted molar refractivity (Wildman–Crippen MR) is 72.3 cm³/mol. The number of ether oxygens (including phenoxy) is 1. The van der Waals surface area contributed by atoms with Gasteiger partial charge in [-0.15, -0.1) is 0 Å². The molecular weight excluding hydrogens is 228 g/mol. The van der Waals surface area contributed by atoms with Crippen molar-refractivity contribution in [3.8, 4) is 5.75 Å². The number of hydrogen-bond donors (Lipinski definition) is 2. The van der Waals surface area contributed by atoms with E-state index < -0.39 is 0 Å². The van der Waals surface area contributed by atoms with Gasteiger partial charge in [-0.3, -0.25) is 4.79 Å². The molecule has 0 heterocycles. The standard InChI is InChI=1S/C14H22N2O2/c1-3-12(4-2)16-14(17)10-18-13-7-5-6-11(8-13)9-15/h5-8,12H,3-4,9-10,15H2,1-2H3,(H,16,17). The lowest BCUT2D eigenvalue weighted by Gasteiger charge is -2.15. The molecule has 18 heavy (non-hydrogen) atoms. The zero-order chi connectivity index (χ0) is 13.4. The number of carbonyl (C=O) groups is 1. The van der Waals surface area contributed by atoms with Crippen molar-refractivity contribution in [3.63, 3.8) is 0 Å². The van der Waals surface area contributed by atoms with Crippen molar-refractivity contribution in [1.82, 2.24) is 5.32 Å². The summed E-state index contributed by atoms with van der Waals surface area (Å²) in [7, 11) is 0. The summed E-state index contributed by atoms with van der Waals surface area (Å²) in [4.78, 5) is 11.6. The van der Waals surface area contributed by atoms with Gasteiger partial charge in [0.15, 0.2) is 6.61 Å². The average Bonchev–Trinajstić information content (AvgIpc) is 2.42. The third kappa shape index (κ3) is 4.75. The molecule has 0 fully saturated rings. The molecule has 0 bridgehead atoms. The molecular formula is C14H22N2O2. The van der Waals surface area contributed by atoms with Crippen LogP contribution in [0, 0.1) is 0 Å². The molecule has 0 aliphatic heterocycles. The highest BCUT2D eigenvalue weighted by Crippen LogP contribution is 2.12. The smallest absolute Gasteiger partial charge is 0.258 e. The topological polar surface area (TPSA) is 64.3 Å². The van der Waals surface area contributed by atoms with Crippen molar-refractivity contribution in [2.45, 2.75) is 39.3 Å². The van der Waals surface area contributed by atoms with Gasteiger partial charge >= 0.3 is 0 Å². The van der Waals surface area contributed by atoms with Crippen molar-refractivity contribution in [3.05, 3.63) is 29.8 Å². The Labute approximate surface area is 109 Å². The number of nitrogens with one attached hydrogen (secondary N) is 1. The van der Waals surface area contributed by atoms with E-state index in [9.17, 15) is 4.79 Å². The van der Waals surface area contributed by atoms with Crippen LogP contribution in [-0.2, 0) is 11.3 Å². The van der Waals surface area contributed by atoms with Gasteiger partial charge in [-0.05, 0) is 30.5 Å². The molecule has 1 amide bonds.